The Morgan fingerprint density at radius 1 is 0.155 bits per heavy atom. The van der Waals surface area contributed by atoms with E-state index in [4.69, 9.17) is 42.6 Å². The van der Waals surface area contributed by atoms with Gasteiger partial charge in [-0.1, -0.05) is 168 Å². The highest BCUT2D eigenvalue weighted by Gasteiger charge is 2.14. The monoisotopic (exact) mass is 1500 g/mol. The van der Waals surface area contributed by atoms with E-state index in [1.807, 2.05) is 218 Å². The molecule has 0 radical (unpaired) electrons. The quantitative estimate of drug-likeness (QED) is 0.0500. The molecule has 0 atom stereocenters. The number of ether oxygens (including phenoxy) is 9. The van der Waals surface area contributed by atoms with Gasteiger partial charge in [-0.2, -0.15) is 0 Å². The second-order valence-corrected chi connectivity index (χ2v) is 24.9. The fourth-order valence-corrected chi connectivity index (χ4v) is 10.0. The lowest BCUT2D eigenvalue weighted by atomic mass is 10.2. The van der Waals surface area contributed by atoms with E-state index in [0.29, 0.717) is 91.4 Å². The topological polar surface area (TPSA) is 83.1 Å². The molecule has 84 heavy (non-hydrogen) atoms. The largest absolute Gasteiger partial charge is 0.489 e. The van der Waals surface area contributed by atoms with E-state index in [2.05, 4.69) is 95.6 Å². The Kier molecular flexibility index (Phi) is 21.8. The summed E-state index contributed by atoms with van der Waals surface area (Å²) < 4.78 is 64.3. The summed E-state index contributed by atoms with van der Waals surface area (Å²) in [6.07, 6.45) is 0. The lowest BCUT2D eigenvalue weighted by Crippen LogP contribution is -2.04. The Labute approximate surface area is 539 Å². The third kappa shape index (κ3) is 19.4. The summed E-state index contributed by atoms with van der Waals surface area (Å²) in [5, 5.41) is 0. The molecule has 10 aromatic carbocycles. The van der Waals surface area contributed by atoms with E-state index < -0.39 is 0 Å². The molecule has 0 saturated heterocycles. The van der Waals surface area contributed by atoms with Crippen LogP contribution in [0.1, 0.15) is 50.1 Å². The lowest BCUT2D eigenvalue weighted by Gasteiger charge is -2.17. The summed E-state index contributed by atoms with van der Waals surface area (Å²) >= 11 is 21.2. The highest BCUT2D eigenvalue weighted by Crippen LogP contribution is 2.34. The van der Waals surface area contributed by atoms with Gasteiger partial charge >= 0.3 is 0 Å². The average Bonchev–Trinajstić information content (AvgIpc) is 3.72. The fraction of sp³-hybridized carbons (Fsp3) is 0.130. The van der Waals surface area contributed by atoms with Crippen LogP contribution in [0.5, 0.6) is 51.7 Å². The highest BCUT2D eigenvalue weighted by molar-refractivity contribution is 9.11. The molecule has 0 unspecified atom stereocenters. The fourth-order valence-electron chi connectivity index (χ4n) is 8.42. The Bertz CT molecular complexity index is 3130. The molecule has 10 rings (SSSR count). The van der Waals surface area contributed by atoms with Gasteiger partial charge in [-0.15, -0.1) is 0 Å². The van der Waals surface area contributed by atoms with Crippen molar-refractivity contribution in [3.63, 3.8) is 0 Å². The number of halogens is 6. The van der Waals surface area contributed by atoms with Gasteiger partial charge < -0.3 is 42.6 Å². The summed E-state index contributed by atoms with van der Waals surface area (Å²) in [7, 11) is 0. The van der Waals surface area contributed by atoms with Gasteiger partial charge in [-0.25, -0.2) is 0 Å². The van der Waals surface area contributed by atoms with Crippen LogP contribution in [0, 0.1) is 0 Å². The first kappa shape index (κ1) is 60.4. The van der Waals surface area contributed by atoms with E-state index in [1.54, 1.807) is 0 Å². The molecule has 0 aliphatic heterocycles. The van der Waals surface area contributed by atoms with E-state index in [9.17, 15) is 0 Å². The molecule has 10 aromatic rings. The van der Waals surface area contributed by atoms with Gasteiger partial charge in [-0.3, -0.25) is 0 Å². The molecule has 426 valence electrons. The third-order valence-electron chi connectivity index (χ3n) is 12.8. The first-order valence-corrected chi connectivity index (χ1v) is 31.4. The number of hydrogen-bond donors (Lipinski definition) is 0. The van der Waals surface area contributed by atoms with Crippen LogP contribution >= 0.6 is 95.6 Å². The Hall–Kier alpha value is -6.72. The molecule has 0 aliphatic carbocycles. The minimum absolute atomic E-state index is 0.167. The average molecular weight is 1510 g/mol. The van der Waals surface area contributed by atoms with Crippen molar-refractivity contribution in [3.8, 4) is 51.7 Å². The SMILES string of the molecule is Brc1ccc(COc2cc(COc3cc(OCc4cc(OCc5ccc(Br)cc5)cc(OCc5ccc(Br)cc5)c4)cc(OCc4cc(OCc5ccc(Br)cc5)cc(OCc5ccc(Br)cc5)c4)c3)cc(OCc3ccc(Br)cc3)c2)cc1. The lowest BCUT2D eigenvalue weighted by molar-refractivity contribution is 0.266. The van der Waals surface area contributed by atoms with E-state index in [0.717, 1.165) is 76.9 Å². The number of hydrogen-bond acceptors (Lipinski definition) is 9. The van der Waals surface area contributed by atoms with Gasteiger partial charge in [0.05, 0.1) is 0 Å². The standard InChI is InChI=1S/C69H54Br6O9/c70-55-13-1-46(2-14-55)37-76-61-25-52(26-62(31-61)77-38-47-3-15-56(71)16-4-47)43-82-67-34-68(83-44-53-27-63(78-39-48-5-17-57(72)18-6-48)32-64(28-53)79-40-49-7-19-58(73)20-8-49)36-69(35-67)84-45-54-29-65(80-41-50-9-21-59(74)22-10-50)33-66(30-54)81-42-51-11-23-60(75)24-12-51/h1-36H,37-45H2. The maximum atomic E-state index is 6.67. The van der Waals surface area contributed by atoms with E-state index in [-0.39, 0.29) is 19.8 Å². The van der Waals surface area contributed by atoms with Crippen LogP contribution < -0.4 is 42.6 Å². The molecule has 0 aliphatic rings. The van der Waals surface area contributed by atoms with Crippen LogP contribution in [0.25, 0.3) is 0 Å². The molecular formula is C69H54Br6O9. The third-order valence-corrected chi connectivity index (χ3v) is 16.0. The van der Waals surface area contributed by atoms with E-state index in [1.165, 1.54) is 0 Å². The second kappa shape index (κ2) is 30.4. The van der Waals surface area contributed by atoms with Crippen molar-refractivity contribution in [3.05, 3.63) is 295 Å². The molecule has 0 N–H and O–H groups in total. The van der Waals surface area contributed by atoms with Crippen LogP contribution in [0.4, 0.5) is 0 Å². The maximum Gasteiger partial charge on any atom is 0.127 e. The molecule has 0 spiro atoms. The number of benzene rings is 10. The van der Waals surface area contributed by atoms with Crippen molar-refractivity contribution in [2.24, 2.45) is 0 Å². The predicted octanol–water partition coefficient (Wildman–Crippen LogP) is 20.5. The van der Waals surface area contributed by atoms with Crippen molar-refractivity contribution in [2.45, 2.75) is 59.5 Å². The first-order chi connectivity index (χ1) is 40.9. The smallest absolute Gasteiger partial charge is 0.127 e. The van der Waals surface area contributed by atoms with Gasteiger partial charge in [0.2, 0.25) is 0 Å². The Balaban J connectivity index is 0.925. The first-order valence-electron chi connectivity index (χ1n) is 26.6. The Morgan fingerprint density at radius 3 is 0.417 bits per heavy atom. The van der Waals surface area contributed by atoms with Crippen molar-refractivity contribution in [2.75, 3.05) is 0 Å². The molecule has 0 saturated carbocycles. The molecule has 9 nitrogen and oxygen atoms in total. The van der Waals surface area contributed by atoms with Gasteiger partial charge in [-0.05, 0) is 159 Å². The van der Waals surface area contributed by atoms with Crippen LogP contribution in [0.2, 0.25) is 0 Å². The van der Waals surface area contributed by atoms with Crippen molar-refractivity contribution < 1.29 is 42.6 Å². The summed E-state index contributed by atoms with van der Waals surface area (Å²) in [4.78, 5) is 0. The summed E-state index contributed by atoms with van der Waals surface area (Å²) in [6.45, 7) is 2.68. The zero-order chi connectivity index (χ0) is 58.0. The van der Waals surface area contributed by atoms with Crippen molar-refractivity contribution in [1.29, 1.82) is 0 Å². The van der Waals surface area contributed by atoms with Gasteiger partial charge in [0.1, 0.15) is 111 Å². The van der Waals surface area contributed by atoms with E-state index >= 15 is 0 Å². The molecule has 0 bridgehead atoms. The van der Waals surface area contributed by atoms with Crippen molar-refractivity contribution in [1.82, 2.24) is 0 Å². The molecule has 0 heterocycles. The van der Waals surface area contributed by atoms with Crippen molar-refractivity contribution >= 4 is 95.6 Å². The van der Waals surface area contributed by atoms with Crippen LogP contribution in [0.3, 0.4) is 0 Å². The molecule has 0 fully saturated rings. The van der Waals surface area contributed by atoms with Crippen LogP contribution in [0.15, 0.2) is 245 Å². The van der Waals surface area contributed by atoms with Crippen LogP contribution in [-0.4, -0.2) is 0 Å². The normalized spacial score (nSPS) is 10.9. The summed E-state index contributed by atoms with van der Waals surface area (Å²) in [5.41, 5.74) is 8.62. The summed E-state index contributed by atoms with van der Waals surface area (Å²) in [5.74, 6) is 5.35. The molecule has 0 amide bonds. The van der Waals surface area contributed by atoms with Crippen LogP contribution in [-0.2, 0) is 59.5 Å². The maximum absolute atomic E-state index is 6.67. The Morgan fingerprint density at radius 2 is 0.274 bits per heavy atom. The molecule has 15 heteroatoms. The molecular weight excluding hydrogens is 1450 g/mol. The van der Waals surface area contributed by atoms with Gasteiger partial charge in [0.25, 0.3) is 0 Å². The highest BCUT2D eigenvalue weighted by atomic mass is 79.9. The molecule has 0 aromatic heterocycles. The summed E-state index contributed by atoms with van der Waals surface area (Å²) in [6, 6.07) is 71.4. The van der Waals surface area contributed by atoms with Gasteiger partial charge in [0, 0.05) is 63.2 Å². The van der Waals surface area contributed by atoms with Gasteiger partial charge in [0.15, 0.2) is 0 Å². The second-order valence-electron chi connectivity index (χ2n) is 19.4. The minimum Gasteiger partial charge on any atom is -0.489 e. The number of rotatable bonds is 27. The zero-order valence-electron chi connectivity index (χ0n) is 45.1. The predicted molar refractivity (Wildman–Crippen MR) is 350 cm³/mol. The minimum atomic E-state index is 0.167. The zero-order valence-corrected chi connectivity index (χ0v) is 54.6.